The quantitative estimate of drug-likeness (QED) is 0.235. The van der Waals surface area contributed by atoms with Crippen LogP contribution in [0.15, 0.2) is 40.8 Å². The zero-order chi connectivity index (χ0) is 23.1. The third-order valence-corrected chi connectivity index (χ3v) is 5.39. The number of hydrogen-bond acceptors (Lipinski definition) is 7. The van der Waals surface area contributed by atoms with Crippen LogP contribution in [0.25, 0.3) is 32.3 Å². The number of rotatable bonds is 10. The number of carboxylic acid groups (broad SMARTS) is 1. The summed E-state index contributed by atoms with van der Waals surface area (Å²) in [4.78, 5) is 19.2. The molecule has 2 aromatic carbocycles. The highest BCUT2D eigenvalue weighted by atomic mass is 32.1. The van der Waals surface area contributed by atoms with E-state index in [1.165, 1.54) is 24.5 Å². The van der Waals surface area contributed by atoms with Gasteiger partial charge >= 0.3 is 5.97 Å². The largest absolute Gasteiger partial charge is 0.496 e. The first kappa shape index (κ1) is 22.9. The highest BCUT2D eigenvalue weighted by molar-refractivity contribution is 7.13. The minimum atomic E-state index is -1.14. The lowest BCUT2D eigenvalue weighted by molar-refractivity contribution is 0.0693. The third kappa shape index (κ3) is 4.93. The van der Waals surface area contributed by atoms with Crippen LogP contribution in [0.5, 0.6) is 17.2 Å². The minimum Gasteiger partial charge on any atom is -0.496 e. The zero-order valence-electron chi connectivity index (χ0n) is 17.9. The molecule has 0 aliphatic heterocycles. The van der Waals surface area contributed by atoms with Gasteiger partial charge in [0.05, 0.1) is 32.6 Å². The van der Waals surface area contributed by atoms with E-state index in [4.69, 9.17) is 19.7 Å². The molecular formula is C22H22N4O5S. The maximum absolute atomic E-state index is 11.8. The van der Waals surface area contributed by atoms with Gasteiger partial charge in [0.25, 0.3) is 0 Å². The van der Waals surface area contributed by atoms with E-state index in [1.54, 1.807) is 6.07 Å². The highest BCUT2D eigenvalue weighted by Gasteiger charge is 2.19. The molecule has 0 saturated heterocycles. The van der Waals surface area contributed by atoms with Crippen molar-refractivity contribution in [3.05, 3.63) is 57.3 Å². The van der Waals surface area contributed by atoms with Crippen molar-refractivity contribution in [1.82, 2.24) is 4.98 Å². The number of azide groups is 1. The number of thiazole rings is 1. The number of carbonyl (C=O) groups is 1. The van der Waals surface area contributed by atoms with E-state index in [1.807, 2.05) is 37.4 Å². The molecule has 0 atom stereocenters. The minimum absolute atomic E-state index is 0.0256. The second-order valence-corrected chi connectivity index (χ2v) is 7.33. The standard InChI is InChI=1S/C22H22N4O5S/c1-4-30-18-7-6-13(10-19(18)31-5-2)21-25-17(12-32-21)14-8-15(11-24-26-23)20(29-3)16(9-14)22(27)28/h6-10,12H,4-5,11H2,1-3H3,(H,27,28). The fraction of sp³-hybridized carbons (Fsp3) is 0.273. The fourth-order valence-electron chi connectivity index (χ4n) is 3.19. The molecule has 0 unspecified atom stereocenters. The van der Waals surface area contributed by atoms with Gasteiger partial charge in [-0.3, -0.25) is 0 Å². The van der Waals surface area contributed by atoms with Gasteiger partial charge in [-0.15, -0.1) is 11.3 Å². The number of carboxylic acids is 1. The van der Waals surface area contributed by atoms with Crippen molar-refractivity contribution in [2.24, 2.45) is 5.11 Å². The molecule has 0 bridgehead atoms. The first-order valence-corrected chi connectivity index (χ1v) is 10.7. The normalized spacial score (nSPS) is 10.3. The molecule has 10 heteroatoms. The van der Waals surface area contributed by atoms with E-state index in [9.17, 15) is 9.90 Å². The van der Waals surface area contributed by atoms with E-state index < -0.39 is 5.97 Å². The molecule has 0 aliphatic rings. The Morgan fingerprint density at radius 2 is 1.91 bits per heavy atom. The molecular weight excluding hydrogens is 432 g/mol. The number of hydrogen-bond donors (Lipinski definition) is 1. The predicted octanol–water partition coefficient (Wildman–Crippen LogP) is 5.79. The van der Waals surface area contributed by atoms with Gasteiger partial charge in [-0.2, -0.15) is 0 Å². The molecule has 3 aromatic rings. The molecule has 0 fully saturated rings. The third-order valence-electron chi connectivity index (χ3n) is 4.49. The zero-order valence-corrected chi connectivity index (χ0v) is 18.7. The average Bonchev–Trinajstić information content (AvgIpc) is 3.28. The second kappa shape index (κ2) is 10.5. The Labute approximate surface area is 188 Å². The number of ether oxygens (including phenoxy) is 3. The van der Waals surface area contributed by atoms with Gasteiger partial charge in [0, 0.05) is 27.0 Å². The summed E-state index contributed by atoms with van der Waals surface area (Å²) in [6.45, 7) is 4.81. The molecule has 166 valence electrons. The average molecular weight is 455 g/mol. The van der Waals surface area contributed by atoms with Gasteiger partial charge < -0.3 is 19.3 Å². The van der Waals surface area contributed by atoms with Crippen molar-refractivity contribution >= 4 is 17.3 Å². The van der Waals surface area contributed by atoms with Crippen LogP contribution in [0, 0.1) is 0 Å². The predicted molar refractivity (Wildman–Crippen MR) is 122 cm³/mol. The van der Waals surface area contributed by atoms with E-state index in [0.717, 1.165) is 10.6 Å². The smallest absolute Gasteiger partial charge is 0.339 e. The lowest BCUT2D eigenvalue weighted by Gasteiger charge is -2.12. The van der Waals surface area contributed by atoms with Crippen molar-refractivity contribution in [1.29, 1.82) is 0 Å². The molecule has 32 heavy (non-hydrogen) atoms. The Morgan fingerprint density at radius 1 is 1.16 bits per heavy atom. The fourth-order valence-corrected chi connectivity index (χ4v) is 4.01. The number of benzene rings is 2. The summed E-state index contributed by atoms with van der Waals surface area (Å²) in [5.74, 6) is 0.322. The van der Waals surface area contributed by atoms with Gasteiger partial charge in [0.1, 0.15) is 16.3 Å². The number of aromatic nitrogens is 1. The van der Waals surface area contributed by atoms with Crippen LogP contribution in [-0.2, 0) is 6.54 Å². The summed E-state index contributed by atoms with van der Waals surface area (Å²) in [6.07, 6.45) is 0. The van der Waals surface area contributed by atoms with E-state index in [-0.39, 0.29) is 17.9 Å². The molecule has 3 rings (SSSR count). The molecule has 1 aromatic heterocycles. The lowest BCUT2D eigenvalue weighted by Crippen LogP contribution is -2.04. The van der Waals surface area contributed by atoms with Crippen LogP contribution in [0.1, 0.15) is 29.8 Å². The summed E-state index contributed by atoms with van der Waals surface area (Å²) in [6, 6.07) is 8.85. The summed E-state index contributed by atoms with van der Waals surface area (Å²) >= 11 is 1.42. The van der Waals surface area contributed by atoms with Crippen molar-refractivity contribution in [2.45, 2.75) is 20.4 Å². The SMILES string of the molecule is CCOc1ccc(-c2nc(-c3cc(CN=[N+]=[N-])c(OC)c(C(=O)O)c3)cs2)cc1OCC. The second-order valence-electron chi connectivity index (χ2n) is 6.48. The Morgan fingerprint density at radius 3 is 2.56 bits per heavy atom. The van der Waals surface area contributed by atoms with Crippen LogP contribution >= 0.6 is 11.3 Å². The number of nitrogens with zero attached hydrogens (tertiary/aromatic N) is 4. The lowest BCUT2D eigenvalue weighted by atomic mass is 10.0. The van der Waals surface area contributed by atoms with Crippen molar-refractivity contribution in [2.75, 3.05) is 20.3 Å². The molecule has 0 spiro atoms. The monoisotopic (exact) mass is 454 g/mol. The van der Waals surface area contributed by atoms with Gasteiger partial charge in [0.15, 0.2) is 11.5 Å². The molecule has 0 aliphatic carbocycles. The molecule has 0 saturated carbocycles. The van der Waals surface area contributed by atoms with E-state index in [0.29, 0.717) is 41.5 Å². The molecule has 9 nitrogen and oxygen atoms in total. The summed E-state index contributed by atoms with van der Waals surface area (Å²) < 4.78 is 16.6. The Kier molecular flexibility index (Phi) is 7.54. The first-order chi connectivity index (χ1) is 15.5. The number of methoxy groups -OCH3 is 1. The van der Waals surface area contributed by atoms with Crippen molar-refractivity contribution < 1.29 is 24.1 Å². The van der Waals surface area contributed by atoms with Crippen LogP contribution in [-0.4, -0.2) is 36.4 Å². The van der Waals surface area contributed by atoms with E-state index in [2.05, 4.69) is 15.0 Å². The molecule has 0 radical (unpaired) electrons. The van der Waals surface area contributed by atoms with Gasteiger partial charge in [-0.1, -0.05) is 5.11 Å². The van der Waals surface area contributed by atoms with Crippen LogP contribution in [0.2, 0.25) is 0 Å². The maximum Gasteiger partial charge on any atom is 0.339 e. The first-order valence-electron chi connectivity index (χ1n) is 9.83. The highest BCUT2D eigenvalue weighted by Crippen LogP contribution is 2.37. The summed E-state index contributed by atoms with van der Waals surface area (Å²) in [7, 11) is 1.38. The van der Waals surface area contributed by atoms with Crippen molar-refractivity contribution in [3.63, 3.8) is 0 Å². The molecule has 1 heterocycles. The van der Waals surface area contributed by atoms with Gasteiger partial charge in [-0.25, -0.2) is 9.78 Å². The molecule has 0 amide bonds. The van der Waals surface area contributed by atoms with E-state index >= 15 is 0 Å². The number of aromatic carboxylic acids is 1. The van der Waals surface area contributed by atoms with Crippen molar-refractivity contribution in [3.8, 4) is 39.1 Å². The van der Waals surface area contributed by atoms with Crippen LogP contribution < -0.4 is 14.2 Å². The van der Waals surface area contributed by atoms with Crippen LogP contribution in [0.3, 0.4) is 0 Å². The Balaban J connectivity index is 2.04. The van der Waals surface area contributed by atoms with Crippen LogP contribution in [0.4, 0.5) is 0 Å². The Bertz CT molecular complexity index is 1170. The molecule has 1 N–H and O–H groups in total. The Hall–Kier alpha value is -3.75. The summed E-state index contributed by atoms with van der Waals surface area (Å²) in [5, 5.41) is 15.8. The van der Waals surface area contributed by atoms with Gasteiger partial charge in [0.2, 0.25) is 0 Å². The van der Waals surface area contributed by atoms with Gasteiger partial charge in [-0.05, 0) is 49.7 Å². The topological polar surface area (TPSA) is 127 Å². The maximum atomic E-state index is 11.8. The summed E-state index contributed by atoms with van der Waals surface area (Å²) in [5.41, 5.74) is 11.2.